The van der Waals surface area contributed by atoms with E-state index in [4.69, 9.17) is 4.74 Å². The van der Waals surface area contributed by atoms with E-state index in [9.17, 15) is 0 Å². The van der Waals surface area contributed by atoms with Gasteiger partial charge in [0.25, 0.3) is 0 Å². The number of para-hydroxylation sites is 1. The van der Waals surface area contributed by atoms with Crippen LogP contribution in [0.1, 0.15) is 12.0 Å². The van der Waals surface area contributed by atoms with E-state index >= 15 is 0 Å². The van der Waals surface area contributed by atoms with Gasteiger partial charge in [0.15, 0.2) is 5.75 Å². The molecule has 18 heavy (non-hydrogen) atoms. The first-order chi connectivity index (χ1) is 8.84. The fraction of sp³-hybridized carbons (Fsp3) is 0.214. The molecule has 0 saturated heterocycles. The Morgan fingerprint density at radius 1 is 1.22 bits per heavy atom. The molecule has 3 rings (SSSR count). The molecule has 1 aromatic heterocycles. The number of ether oxygens (including phenoxy) is 1. The highest BCUT2D eigenvalue weighted by atomic mass is 79.9. The highest BCUT2D eigenvalue weighted by Crippen LogP contribution is 2.36. The minimum atomic E-state index is 0.596. The van der Waals surface area contributed by atoms with Crippen molar-refractivity contribution in [2.45, 2.75) is 12.8 Å². The van der Waals surface area contributed by atoms with Crippen LogP contribution in [0.5, 0.6) is 11.6 Å². The van der Waals surface area contributed by atoms with Gasteiger partial charge in [0.05, 0.1) is 10.2 Å². The number of aromatic nitrogens is 1. The Hall–Kier alpha value is -1.55. The van der Waals surface area contributed by atoms with Crippen LogP contribution in [0.25, 0.3) is 0 Å². The molecule has 1 N–H and O–H groups in total. The molecule has 3 nitrogen and oxygen atoms in total. The van der Waals surface area contributed by atoms with Crippen LogP contribution in [0.15, 0.2) is 41.0 Å². The zero-order chi connectivity index (χ0) is 12.4. The van der Waals surface area contributed by atoms with Crippen molar-refractivity contribution < 1.29 is 4.74 Å². The van der Waals surface area contributed by atoms with Crippen molar-refractivity contribution >= 4 is 21.6 Å². The van der Waals surface area contributed by atoms with E-state index in [1.165, 1.54) is 12.0 Å². The van der Waals surface area contributed by atoms with Gasteiger partial charge in [-0.3, -0.25) is 0 Å². The average Bonchev–Trinajstić information content (AvgIpc) is 2.42. The van der Waals surface area contributed by atoms with Crippen LogP contribution < -0.4 is 10.1 Å². The fourth-order valence-corrected chi connectivity index (χ4v) is 2.45. The van der Waals surface area contributed by atoms with Crippen molar-refractivity contribution in [1.29, 1.82) is 0 Å². The van der Waals surface area contributed by atoms with Crippen LogP contribution in [0.3, 0.4) is 0 Å². The molecule has 0 spiro atoms. The monoisotopic (exact) mass is 304 g/mol. The highest BCUT2D eigenvalue weighted by molar-refractivity contribution is 9.10. The van der Waals surface area contributed by atoms with E-state index in [0.717, 1.165) is 28.9 Å². The molecule has 0 aliphatic carbocycles. The lowest BCUT2D eigenvalue weighted by molar-refractivity contribution is 0.460. The van der Waals surface area contributed by atoms with Crippen molar-refractivity contribution in [2.24, 2.45) is 0 Å². The molecule has 1 aliphatic heterocycles. The number of nitrogens with one attached hydrogen (secondary N) is 1. The van der Waals surface area contributed by atoms with Crippen molar-refractivity contribution in [1.82, 2.24) is 4.98 Å². The number of anilines is 1. The fourth-order valence-electron chi connectivity index (χ4n) is 2.11. The standard InChI is InChI=1S/C14H13BrN2O/c15-11-6-3-9-17-14(11)18-12-7-1-4-10-5-2-8-16-13(10)12/h1,3-4,6-7,9,16H,2,5,8H2. The van der Waals surface area contributed by atoms with Crippen LogP contribution in [0.4, 0.5) is 5.69 Å². The van der Waals surface area contributed by atoms with Gasteiger partial charge in [-0.1, -0.05) is 12.1 Å². The molecule has 0 radical (unpaired) electrons. The van der Waals surface area contributed by atoms with Gasteiger partial charge in [-0.15, -0.1) is 0 Å². The molecule has 0 bridgehead atoms. The summed E-state index contributed by atoms with van der Waals surface area (Å²) >= 11 is 3.44. The Kier molecular flexibility index (Phi) is 3.19. The maximum absolute atomic E-state index is 5.89. The Bertz CT molecular complexity index is 571. The molecule has 0 atom stereocenters. The zero-order valence-electron chi connectivity index (χ0n) is 9.82. The van der Waals surface area contributed by atoms with Crippen LogP contribution in [0.2, 0.25) is 0 Å². The molecule has 0 saturated carbocycles. The maximum atomic E-state index is 5.89. The van der Waals surface area contributed by atoms with Crippen molar-refractivity contribution in [3.63, 3.8) is 0 Å². The summed E-state index contributed by atoms with van der Waals surface area (Å²) in [5.41, 5.74) is 2.41. The molecule has 1 aromatic carbocycles. The summed E-state index contributed by atoms with van der Waals surface area (Å²) in [6.07, 6.45) is 4.00. The number of nitrogens with zero attached hydrogens (tertiary/aromatic N) is 1. The number of hydrogen-bond donors (Lipinski definition) is 1. The predicted molar refractivity (Wildman–Crippen MR) is 75.3 cm³/mol. The number of halogens is 1. The summed E-state index contributed by atoms with van der Waals surface area (Å²) in [6.45, 7) is 0.997. The molecule has 0 fully saturated rings. The number of fused-ring (bicyclic) bond motifs is 1. The lowest BCUT2D eigenvalue weighted by Crippen LogP contribution is -2.12. The lowest BCUT2D eigenvalue weighted by atomic mass is 10.0. The van der Waals surface area contributed by atoms with Crippen LogP contribution in [-0.2, 0) is 6.42 Å². The molecule has 2 aromatic rings. The normalized spacial score (nSPS) is 13.6. The second kappa shape index (κ2) is 4.98. The van der Waals surface area contributed by atoms with E-state index in [1.807, 2.05) is 24.3 Å². The topological polar surface area (TPSA) is 34.1 Å². The maximum Gasteiger partial charge on any atom is 0.233 e. The van der Waals surface area contributed by atoms with Crippen molar-refractivity contribution in [3.05, 3.63) is 46.6 Å². The van der Waals surface area contributed by atoms with Gasteiger partial charge < -0.3 is 10.1 Å². The third kappa shape index (κ3) is 2.20. The summed E-state index contributed by atoms with van der Waals surface area (Å²) in [7, 11) is 0. The smallest absolute Gasteiger partial charge is 0.233 e. The minimum Gasteiger partial charge on any atom is -0.436 e. The predicted octanol–water partition coefficient (Wildman–Crippen LogP) is 3.99. The Balaban J connectivity index is 1.96. The average molecular weight is 305 g/mol. The molecule has 1 aliphatic rings. The minimum absolute atomic E-state index is 0.596. The quantitative estimate of drug-likeness (QED) is 0.911. The summed E-state index contributed by atoms with van der Waals surface area (Å²) < 4.78 is 6.75. The molecule has 0 unspecified atom stereocenters. The first-order valence-electron chi connectivity index (χ1n) is 5.99. The van der Waals surface area contributed by atoms with Crippen molar-refractivity contribution in [3.8, 4) is 11.6 Å². The van der Waals surface area contributed by atoms with E-state index in [0.29, 0.717) is 5.88 Å². The number of pyridine rings is 1. The molecule has 4 heteroatoms. The summed E-state index contributed by atoms with van der Waals surface area (Å²) in [6, 6.07) is 9.93. The zero-order valence-corrected chi connectivity index (χ0v) is 11.4. The van der Waals surface area contributed by atoms with Gasteiger partial charge in [-0.25, -0.2) is 4.98 Å². The summed E-state index contributed by atoms with van der Waals surface area (Å²) in [5, 5.41) is 3.40. The number of aryl methyl sites for hydroxylation is 1. The number of benzene rings is 1. The molecule has 0 amide bonds. The first-order valence-corrected chi connectivity index (χ1v) is 6.78. The summed E-state index contributed by atoms with van der Waals surface area (Å²) in [5.74, 6) is 1.44. The number of hydrogen-bond acceptors (Lipinski definition) is 3. The SMILES string of the molecule is Brc1cccnc1Oc1cccc2c1NCCC2. The Morgan fingerprint density at radius 3 is 3.06 bits per heavy atom. The largest absolute Gasteiger partial charge is 0.436 e. The second-order valence-corrected chi connectivity index (χ2v) is 5.07. The Morgan fingerprint density at radius 2 is 2.17 bits per heavy atom. The summed E-state index contributed by atoms with van der Waals surface area (Å²) in [4.78, 5) is 4.23. The highest BCUT2D eigenvalue weighted by Gasteiger charge is 2.14. The van der Waals surface area contributed by atoms with Gasteiger partial charge in [0, 0.05) is 12.7 Å². The Labute approximate surface area is 114 Å². The van der Waals surface area contributed by atoms with Gasteiger partial charge in [0.1, 0.15) is 0 Å². The van der Waals surface area contributed by atoms with Gasteiger partial charge in [-0.05, 0) is 52.5 Å². The lowest BCUT2D eigenvalue weighted by Gasteiger charge is -2.20. The van der Waals surface area contributed by atoms with E-state index in [-0.39, 0.29) is 0 Å². The first kappa shape index (κ1) is 11.5. The van der Waals surface area contributed by atoms with Gasteiger partial charge in [-0.2, -0.15) is 0 Å². The van der Waals surface area contributed by atoms with Gasteiger partial charge >= 0.3 is 0 Å². The molecular weight excluding hydrogens is 292 g/mol. The second-order valence-electron chi connectivity index (χ2n) is 4.21. The van der Waals surface area contributed by atoms with E-state index < -0.39 is 0 Å². The van der Waals surface area contributed by atoms with E-state index in [2.05, 4.69) is 32.3 Å². The molecule has 92 valence electrons. The van der Waals surface area contributed by atoms with Crippen molar-refractivity contribution in [2.75, 3.05) is 11.9 Å². The van der Waals surface area contributed by atoms with Gasteiger partial charge in [0.2, 0.25) is 5.88 Å². The van der Waals surface area contributed by atoms with E-state index in [1.54, 1.807) is 6.20 Å². The van der Waals surface area contributed by atoms with Crippen LogP contribution in [0, 0.1) is 0 Å². The third-order valence-corrected chi connectivity index (χ3v) is 3.57. The molecule has 2 heterocycles. The van der Waals surface area contributed by atoms with Crippen LogP contribution >= 0.6 is 15.9 Å². The third-order valence-electron chi connectivity index (χ3n) is 2.97. The molecular formula is C14H13BrN2O. The number of rotatable bonds is 2. The van der Waals surface area contributed by atoms with Crippen LogP contribution in [-0.4, -0.2) is 11.5 Å².